The summed E-state index contributed by atoms with van der Waals surface area (Å²) in [5, 5.41) is 19.3. The van der Waals surface area contributed by atoms with Gasteiger partial charge in [-0.05, 0) is 52.5 Å². The van der Waals surface area contributed by atoms with Gasteiger partial charge < -0.3 is 0 Å². The molecule has 37 heavy (non-hydrogen) atoms. The molecule has 0 saturated carbocycles. The zero-order chi connectivity index (χ0) is 26.4. The van der Waals surface area contributed by atoms with E-state index < -0.39 is 0 Å². The molecule has 4 rings (SSSR count). The van der Waals surface area contributed by atoms with E-state index in [0.717, 1.165) is 60.2 Å². The van der Waals surface area contributed by atoms with Crippen LogP contribution in [0, 0.1) is 11.3 Å². The molecule has 1 N–H and O–H groups in total. The molecule has 8 nitrogen and oxygen atoms in total. The van der Waals surface area contributed by atoms with Crippen LogP contribution in [0.3, 0.4) is 0 Å². The van der Waals surface area contributed by atoms with Gasteiger partial charge in [-0.25, -0.2) is 9.48 Å². The van der Waals surface area contributed by atoms with Crippen LogP contribution in [0.4, 0.5) is 0 Å². The SMILES string of the molecule is CCCCc1nn(CCC(C)CC(C)(C)C)c(=O)n1Cc1ccc(-c2ccccc2-c2nn[nH]n2)cc1. The van der Waals surface area contributed by atoms with Gasteiger partial charge in [0.25, 0.3) is 0 Å². The molecule has 1 unspecified atom stereocenters. The van der Waals surface area contributed by atoms with Crippen molar-refractivity contribution in [2.45, 2.75) is 79.8 Å². The molecular formula is C29H39N7O. The maximum atomic E-state index is 13.4. The molecule has 2 aromatic carbocycles. The van der Waals surface area contributed by atoms with Crippen LogP contribution in [0.2, 0.25) is 0 Å². The predicted octanol–water partition coefficient (Wildman–Crippen LogP) is 5.75. The van der Waals surface area contributed by atoms with Gasteiger partial charge in [0.05, 0.1) is 6.54 Å². The molecule has 0 fully saturated rings. The highest BCUT2D eigenvalue weighted by molar-refractivity contribution is 5.80. The molecule has 0 aliphatic rings. The van der Waals surface area contributed by atoms with E-state index in [1.807, 2.05) is 22.8 Å². The van der Waals surface area contributed by atoms with Gasteiger partial charge >= 0.3 is 5.69 Å². The van der Waals surface area contributed by atoms with Gasteiger partial charge in [0.1, 0.15) is 5.82 Å². The molecule has 0 spiro atoms. The zero-order valence-electron chi connectivity index (χ0n) is 22.7. The van der Waals surface area contributed by atoms with Crippen molar-refractivity contribution in [2.24, 2.45) is 11.3 Å². The number of hydrogen-bond acceptors (Lipinski definition) is 5. The number of hydrogen-bond donors (Lipinski definition) is 1. The Balaban J connectivity index is 1.54. The first-order chi connectivity index (χ1) is 17.7. The molecule has 1 atom stereocenters. The number of aryl methyl sites for hydroxylation is 2. The number of unbranched alkanes of at least 4 members (excludes halogenated alkanes) is 1. The Bertz CT molecular complexity index is 1330. The minimum atomic E-state index is -0.0133. The summed E-state index contributed by atoms with van der Waals surface area (Å²) in [5.41, 5.74) is 4.36. The second-order valence-corrected chi connectivity index (χ2v) is 11.2. The first kappa shape index (κ1) is 26.5. The summed E-state index contributed by atoms with van der Waals surface area (Å²) in [6.45, 7) is 12.4. The summed E-state index contributed by atoms with van der Waals surface area (Å²) in [6.07, 6.45) is 4.98. The van der Waals surface area contributed by atoms with Gasteiger partial charge in [0, 0.05) is 18.5 Å². The number of tetrazole rings is 1. The van der Waals surface area contributed by atoms with E-state index in [2.05, 4.69) is 85.6 Å². The lowest BCUT2D eigenvalue weighted by Gasteiger charge is -2.22. The van der Waals surface area contributed by atoms with Gasteiger partial charge in [-0.3, -0.25) is 4.57 Å². The molecule has 0 amide bonds. The van der Waals surface area contributed by atoms with E-state index in [-0.39, 0.29) is 11.1 Å². The first-order valence-electron chi connectivity index (χ1n) is 13.3. The van der Waals surface area contributed by atoms with Crippen LogP contribution in [0.1, 0.15) is 71.7 Å². The Kier molecular flexibility index (Phi) is 8.36. The fraction of sp³-hybridized carbons (Fsp3) is 0.483. The molecule has 8 heteroatoms. The zero-order valence-corrected chi connectivity index (χ0v) is 22.7. The van der Waals surface area contributed by atoms with Crippen LogP contribution in [0.15, 0.2) is 53.3 Å². The largest absolute Gasteiger partial charge is 0.346 e. The van der Waals surface area contributed by atoms with Crippen molar-refractivity contribution in [2.75, 3.05) is 0 Å². The van der Waals surface area contributed by atoms with Gasteiger partial charge in [-0.15, -0.1) is 10.2 Å². The van der Waals surface area contributed by atoms with Crippen molar-refractivity contribution in [1.82, 2.24) is 35.0 Å². The van der Waals surface area contributed by atoms with E-state index in [9.17, 15) is 4.79 Å². The minimum Gasteiger partial charge on any atom is -0.274 e. The Labute approximate surface area is 219 Å². The topological polar surface area (TPSA) is 94.3 Å². The molecule has 0 radical (unpaired) electrons. The average molecular weight is 502 g/mol. The van der Waals surface area contributed by atoms with Gasteiger partial charge in [-0.2, -0.15) is 10.3 Å². The molecule has 0 aliphatic heterocycles. The first-order valence-corrected chi connectivity index (χ1v) is 13.3. The molecule has 2 heterocycles. The Morgan fingerprint density at radius 1 is 1.03 bits per heavy atom. The third-order valence-corrected chi connectivity index (χ3v) is 6.67. The minimum absolute atomic E-state index is 0.0133. The monoisotopic (exact) mass is 501 g/mol. The lowest BCUT2D eigenvalue weighted by atomic mass is 9.84. The second-order valence-electron chi connectivity index (χ2n) is 11.2. The normalized spacial score (nSPS) is 12.7. The number of nitrogens with one attached hydrogen (secondary N) is 1. The highest BCUT2D eigenvalue weighted by Gasteiger charge is 2.18. The van der Waals surface area contributed by atoms with E-state index in [4.69, 9.17) is 5.10 Å². The maximum Gasteiger partial charge on any atom is 0.346 e. The molecular weight excluding hydrogens is 462 g/mol. The van der Waals surface area contributed by atoms with Crippen molar-refractivity contribution in [3.8, 4) is 22.5 Å². The highest BCUT2D eigenvalue weighted by atomic mass is 16.2. The van der Waals surface area contributed by atoms with Gasteiger partial charge in [-0.1, -0.05) is 89.6 Å². The molecule has 196 valence electrons. The summed E-state index contributed by atoms with van der Waals surface area (Å²) in [4.78, 5) is 13.4. The summed E-state index contributed by atoms with van der Waals surface area (Å²) in [6, 6.07) is 16.4. The Morgan fingerprint density at radius 2 is 1.76 bits per heavy atom. The van der Waals surface area contributed by atoms with E-state index >= 15 is 0 Å². The number of nitrogens with zero attached hydrogens (tertiary/aromatic N) is 6. The third-order valence-electron chi connectivity index (χ3n) is 6.67. The Hall–Kier alpha value is -3.55. The summed E-state index contributed by atoms with van der Waals surface area (Å²) >= 11 is 0. The maximum absolute atomic E-state index is 13.4. The molecule has 4 aromatic rings. The molecule has 0 aliphatic carbocycles. The van der Waals surface area contributed by atoms with E-state index in [1.54, 1.807) is 4.68 Å². The van der Waals surface area contributed by atoms with Crippen molar-refractivity contribution in [1.29, 1.82) is 0 Å². The number of benzene rings is 2. The van der Waals surface area contributed by atoms with Crippen LogP contribution in [0.5, 0.6) is 0 Å². The van der Waals surface area contributed by atoms with Crippen molar-refractivity contribution >= 4 is 0 Å². The third kappa shape index (κ3) is 6.81. The fourth-order valence-electron chi connectivity index (χ4n) is 4.98. The van der Waals surface area contributed by atoms with Crippen LogP contribution >= 0.6 is 0 Å². The Morgan fingerprint density at radius 3 is 2.41 bits per heavy atom. The van der Waals surface area contributed by atoms with Crippen molar-refractivity contribution in [3.63, 3.8) is 0 Å². The fourth-order valence-corrected chi connectivity index (χ4v) is 4.98. The number of aromatic nitrogens is 7. The number of aromatic amines is 1. The lowest BCUT2D eigenvalue weighted by molar-refractivity contribution is 0.285. The number of H-pyrrole nitrogens is 1. The van der Waals surface area contributed by atoms with Crippen LogP contribution in [-0.4, -0.2) is 35.0 Å². The van der Waals surface area contributed by atoms with Crippen LogP contribution in [0.25, 0.3) is 22.5 Å². The van der Waals surface area contributed by atoms with Crippen LogP contribution in [-0.2, 0) is 19.5 Å². The average Bonchev–Trinajstić information content (AvgIpc) is 3.50. The highest BCUT2D eigenvalue weighted by Crippen LogP contribution is 2.30. The van der Waals surface area contributed by atoms with Crippen molar-refractivity contribution < 1.29 is 0 Å². The summed E-state index contributed by atoms with van der Waals surface area (Å²) < 4.78 is 3.53. The summed E-state index contributed by atoms with van der Waals surface area (Å²) in [7, 11) is 0. The summed E-state index contributed by atoms with van der Waals surface area (Å²) in [5.74, 6) is 1.98. The smallest absolute Gasteiger partial charge is 0.274 e. The second kappa shape index (κ2) is 11.7. The lowest BCUT2D eigenvalue weighted by Crippen LogP contribution is -2.27. The molecule has 2 aromatic heterocycles. The molecule has 0 bridgehead atoms. The van der Waals surface area contributed by atoms with E-state index in [0.29, 0.717) is 24.8 Å². The van der Waals surface area contributed by atoms with Gasteiger partial charge in [0.2, 0.25) is 5.82 Å². The number of rotatable bonds is 11. The van der Waals surface area contributed by atoms with E-state index in [1.165, 1.54) is 0 Å². The standard InChI is InChI=1S/C29H39N7O/c1-6-7-12-26-32-36(18-17-21(2)19-29(3,4)5)28(37)35(26)20-22-13-15-23(16-14-22)24-10-8-9-11-25(24)27-30-33-34-31-27/h8-11,13-16,21H,6-7,12,17-20H2,1-5H3,(H,30,31,33,34). The van der Waals surface area contributed by atoms with Crippen LogP contribution < -0.4 is 5.69 Å². The van der Waals surface area contributed by atoms with Crippen molar-refractivity contribution in [3.05, 3.63) is 70.4 Å². The molecule has 0 saturated heterocycles. The quantitative estimate of drug-likeness (QED) is 0.283. The van der Waals surface area contributed by atoms with Gasteiger partial charge in [0.15, 0.2) is 0 Å². The predicted molar refractivity (Wildman–Crippen MR) is 147 cm³/mol.